The summed E-state index contributed by atoms with van der Waals surface area (Å²) in [6.07, 6.45) is 0. The van der Waals surface area contributed by atoms with E-state index < -0.39 is 10.0 Å². The van der Waals surface area contributed by atoms with Gasteiger partial charge in [0.05, 0.1) is 10.6 Å². The molecule has 2 aromatic rings. The van der Waals surface area contributed by atoms with Crippen molar-refractivity contribution in [2.24, 2.45) is 5.92 Å². The van der Waals surface area contributed by atoms with Crippen LogP contribution in [0.4, 0.5) is 5.69 Å². The second kappa shape index (κ2) is 8.36. The van der Waals surface area contributed by atoms with Crippen LogP contribution in [0.25, 0.3) is 0 Å². The first-order valence-electron chi connectivity index (χ1n) is 8.65. The molecule has 0 aliphatic carbocycles. The lowest BCUT2D eigenvalue weighted by atomic mass is 10.1. The van der Waals surface area contributed by atoms with Crippen LogP contribution in [-0.2, 0) is 14.8 Å². The minimum absolute atomic E-state index is 0.0400. The number of carbonyl (C=O) groups is 1. The average molecular weight is 375 g/mol. The molecule has 2 aromatic carbocycles. The van der Waals surface area contributed by atoms with Crippen LogP contribution in [0.3, 0.4) is 0 Å². The summed E-state index contributed by atoms with van der Waals surface area (Å²) < 4.78 is 27.4. The van der Waals surface area contributed by atoms with Gasteiger partial charge in [0.2, 0.25) is 5.91 Å². The van der Waals surface area contributed by atoms with Crippen molar-refractivity contribution >= 4 is 21.6 Å². The van der Waals surface area contributed by atoms with Crippen LogP contribution in [-0.4, -0.2) is 26.9 Å². The molecular weight excluding hydrogens is 348 g/mol. The number of benzene rings is 2. The molecule has 0 saturated heterocycles. The maximum atomic E-state index is 13.1. The second-order valence-corrected chi connectivity index (χ2v) is 8.62. The molecule has 140 valence electrons. The van der Waals surface area contributed by atoms with E-state index in [-0.39, 0.29) is 29.3 Å². The topological polar surface area (TPSA) is 66.5 Å². The van der Waals surface area contributed by atoms with E-state index in [0.29, 0.717) is 5.69 Å². The highest BCUT2D eigenvalue weighted by molar-refractivity contribution is 7.92. The van der Waals surface area contributed by atoms with Crippen LogP contribution >= 0.6 is 0 Å². The van der Waals surface area contributed by atoms with Crippen LogP contribution in [0, 0.1) is 12.8 Å². The smallest absolute Gasteiger partial charge is 0.264 e. The van der Waals surface area contributed by atoms with Crippen LogP contribution in [0.15, 0.2) is 59.5 Å². The maximum absolute atomic E-state index is 13.1. The zero-order chi connectivity index (χ0) is 19.3. The van der Waals surface area contributed by atoms with Gasteiger partial charge >= 0.3 is 0 Å². The number of sulfonamides is 1. The Bertz CT molecular complexity index is 831. The van der Waals surface area contributed by atoms with E-state index in [0.717, 1.165) is 9.87 Å². The number of amides is 1. The van der Waals surface area contributed by atoms with Crippen molar-refractivity contribution < 1.29 is 13.2 Å². The van der Waals surface area contributed by atoms with E-state index in [4.69, 9.17) is 0 Å². The summed E-state index contributed by atoms with van der Waals surface area (Å²) in [6.45, 7) is 7.57. The molecule has 0 spiro atoms. The Labute approximate surface area is 156 Å². The van der Waals surface area contributed by atoms with Gasteiger partial charge in [-0.05, 0) is 44.0 Å². The molecule has 0 heterocycles. The molecule has 0 saturated carbocycles. The van der Waals surface area contributed by atoms with Gasteiger partial charge < -0.3 is 5.32 Å². The third kappa shape index (κ3) is 4.85. The number of hydrogen-bond acceptors (Lipinski definition) is 3. The average Bonchev–Trinajstić information content (AvgIpc) is 2.61. The van der Waals surface area contributed by atoms with Crippen molar-refractivity contribution in [2.45, 2.75) is 38.6 Å². The summed E-state index contributed by atoms with van der Waals surface area (Å²) in [6, 6.07) is 15.2. The molecule has 2 rings (SSSR count). The normalized spacial score (nSPS) is 12.7. The first-order chi connectivity index (χ1) is 12.2. The van der Waals surface area contributed by atoms with Crippen LogP contribution in [0.5, 0.6) is 0 Å². The SMILES string of the molecule is Cc1ccc(N(CC(=O)N[C@H](C)C(C)C)S(=O)(=O)c2ccccc2)cc1. The van der Waals surface area contributed by atoms with E-state index in [1.807, 2.05) is 39.8 Å². The summed E-state index contributed by atoms with van der Waals surface area (Å²) in [4.78, 5) is 12.6. The molecule has 0 aromatic heterocycles. The molecule has 0 aliphatic rings. The molecule has 0 radical (unpaired) electrons. The number of rotatable bonds is 7. The zero-order valence-corrected chi connectivity index (χ0v) is 16.5. The Balaban J connectivity index is 2.37. The van der Waals surface area contributed by atoms with Gasteiger partial charge in [-0.2, -0.15) is 0 Å². The monoisotopic (exact) mass is 374 g/mol. The maximum Gasteiger partial charge on any atom is 0.264 e. The highest BCUT2D eigenvalue weighted by atomic mass is 32.2. The Morgan fingerprint density at radius 2 is 1.58 bits per heavy atom. The summed E-state index contributed by atoms with van der Waals surface area (Å²) in [5, 5.41) is 2.87. The lowest BCUT2D eigenvalue weighted by Crippen LogP contribution is -2.45. The van der Waals surface area contributed by atoms with Crippen molar-refractivity contribution in [3.8, 4) is 0 Å². The predicted molar refractivity (Wildman–Crippen MR) is 105 cm³/mol. The quantitative estimate of drug-likeness (QED) is 0.808. The fourth-order valence-corrected chi connectivity index (χ4v) is 3.78. The van der Waals surface area contributed by atoms with Gasteiger partial charge in [-0.15, -0.1) is 0 Å². The lowest BCUT2D eigenvalue weighted by molar-refractivity contribution is -0.120. The van der Waals surface area contributed by atoms with E-state index in [9.17, 15) is 13.2 Å². The third-order valence-corrected chi connectivity index (χ3v) is 6.12. The summed E-state index contributed by atoms with van der Waals surface area (Å²) in [5.41, 5.74) is 1.48. The Kier molecular flexibility index (Phi) is 6.42. The number of aryl methyl sites for hydroxylation is 1. The summed E-state index contributed by atoms with van der Waals surface area (Å²) in [7, 11) is -3.85. The lowest BCUT2D eigenvalue weighted by Gasteiger charge is -2.26. The highest BCUT2D eigenvalue weighted by Gasteiger charge is 2.27. The molecule has 1 amide bonds. The second-order valence-electron chi connectivity index (χ2n) is 6.76. The molecule has 0 fully saturated rings. The first kappa shape index (κ1) is 20.0. The number of nitrogens with one attached hydrogen (secondary N) is 1. The van der Waals surface area contributed by atoms with Crippen molar-refractivity contribution in [1.82, 2.24) is 5.32 Å². The van der Waals surface area contributed by atoms with Gasteiger partial charge in [-0.25, -0.2) is 8.42 Å². The van der Waals surface area contributed by atoms with Gasteiger partial charge in [0.1, 0.15) is 6.54 Å². The van der Waals surface area contributed by atoms with Crippen LogP contribution in [0.2, 0.25) is 0 Å². The molecule has 1 N–H and O–H groups in total. The van der Waals surface area contributed by atoms with Crippen LogP contribution < -0.4 is 9.62 Å². The fraction of sp³-hybridized carbons (Fsp3) is 0.350. The van der Waals surface area contributed by atoms with Crippen molar-refractivity contribution in [3.05, 3.63) is 60.2 Å². The van der Waals surface area contributed by atoms with Crippen molar-refractivity contribution in [2.75, 3.05) is 10.8 Å². The third-order valence-electron chi connectivity index (χ3n) is 4.33. The van der Waals surface area contributed by atoms with Crippen molar-refractivity contribution in [3.63, 3.8) is 0 Å². The number of nitrogens with zero attached hydrogens (tertiary/aromatic N) is 1. The molecule has 5 nitrogen and oxygen atoms in total. The van der Waals surface area contributed by atoms with Gasteiger partial charge in [0, 0.05) is 6.04 Å². The molecule has 0 unspecified atom stereocenters. The molecule has 1 atom stereocenters. The Morgan fingerprint density at radius 1 is 1.00 bits per heavy atom. The molecule has 26 heavy (non-hydrogen) atoms. The first-order valence-corrected chi connectivity index (χ1v) is 10.1. The number of hydrogen-bond donors (Lipinski definition) is 1. The predicted octanol–water partition coefficient (Wildman–Crippen LogP) is 3.35. The van der Waals surface area contributed by atoms with Crippen molar-refractivity contribution in [1.29, 1.82) is 0 Å². The highest BCUT2D eigenvalue weighted by Crippen LogP contribution is 2.23. The molecule has 0 bridgehead atoms. The number of anilines is 1. The Morgan fingerprint density at radius 3 is 2.12 bits per heavy atom. The van der Waals surface area contributed by atoms with E-state index >= 15 is 0 Å². The van der Waals surface area contributed by atoms with E-state index in [2.05, 4.69) is 5.32 Å². The van der Waals surface area contributed by atoms with Gasteiger partial charge in [0.25, 0.3) is 10.0 Å². The minimum Gasteiger partial charge on any atom is -0.352 e. The van der Waals surface area contributed by atoms with E-state index in [1.54, 1.807) is 30.3 Å². The summed E-state index contributed by atoms with van der Waals surface area (Å²) in [5.74, 6) is -0.0659. The van der Waals surface area contributed by atoms with Crippen LogP contribution in [0.1, 0.15) is 26.3 Å². The Hall–Kier alpha value is -2.34. The van der Waals surface area contributed by atoms with Gasteiger partial charge in [-0.3, -0.25) is 9.10 Å². The zero-order valence-electron chi connectivity index (χ0n) is 15.6. The van der Waals surface area contributed by atoms with Gasteiger partial charge in [-0.1, -0.05) is 49.7 Å². The largest absolute Gasteiger partial charge is 0.352 e. The van der Waals surface area contributed by atoms with Gasteiger partial charge in [0.15, 0.2) is 0 Å². The number of carbonyl (C=O) groups excluding carboxylic acids is 1. The van der Waals surface area contributed by atoms with E-state index in [1.165, 1.54) is 12.1 Å². The molecular formula is C20H26N2O3S. The fourth-order valence-electron chi connectivity index (χ4n) is 2.34. The standard InChI is InChI=1S/C20H26N2O3S/c1-15(2)17(4)21-20(23)14-22(18-12-10-16(3)11-13-18)26(24,25)19-8-6-5-7-9-19/h5-13,15,17H,14H2,1-4H3,(H,21,23)/t17-/m1/s1. The molecule has 0 aliphatic heterocycles. The molecule has 6 heteroatoms. The summed E-state index contributed by atoms with van der Waals surface area (Å²) >= 11 is 0. The minimum atomic E-state index is -3.85.